The summed E-state index contributed by atoms with van der Waals surface area (Å²) < 4.78 is 46.5. The van der Waals surface area contributed by atoms with Gasteiger partial charge in [-0.3, -0.25) is 9.59 Å². The Kier molecular flexibility index (Phi) is 5.43. The first kappa shape index (κ1) is 21.2. The van der Waals surface area contributed by atoms with E-state index in [9.17, 15) is 22.8 Å². The highest BCUT2D eigenvalue weighted by Crippen LogP contribution is 2.34. The molecule has 166 valence electrons. The van der Waals surface area contributed by atoms with Crippen molar-refractivity contribution < 1.29 is 27.5 Å². The fraction of sp³-hybridized carbons (Fsp3) is 0.200. The first-order valence-corrected chi connectivity index (χ1v) is 9.38. The molecule has 2 heterocycles. The molecular formula is C20H17F3N6O3. The Hall–Kier alpha value is -4.09. The lowest BCUT2D eigenvalue weighted by molar-refractivity contribution is -0.137. The number of anilines is 2. The van der Waals surface area contributed by atoms with E-state index in [-0.39, 0.29) is 24.5 Å². The summed E-state index contributed by atoms with van der Waals surface area (Å²) in [5.74, 6) is -0.931. The lowest BCUT2D eigenvalue weighted by Crippen LogP contribution is -2.49. The van der Waals surface area contributed by atoms with Gasteiger partial charge in [0.25, 0.3) is 5.91 Å². The molecule has 2 amide bonds. The van der Waals surface area contributed by atoms with E-state index in [1.54, 1.807) is 29.2 Å². The molecule has 0 bridgehead atoms. The van der Waals surface area contributed by atoms with Gasteiger partial charge >= 0.3 is 6.18 Å². The maximum absolute atomic E-state index is 13.2. The Bertz CT molecular complexity index is 1150. The van der Waals surface area contributed by atoms with Crippen LogP contribution in [-0.2, 0) is 15.8 Å². The zero-order valence-corrected chi connectivity index (χ0v) is 16.4. The van der Waals surface area contributed by atoms with Crippen molar-refractivity contribution in [3.63, 3.8) is 0 Å². The third kappa shape index (κ3) is 4.33. The van der Waals surface area contributed by atoms with Gasteiger partial charge in [-0.15, -0.1) is 0 Å². The summed E-state index contributed by atoms with van der Waals surface area (Å²) in [6.45, 7) is -0.241. The van der Waals surface area contributed by atoms with Crippen LogP contribution in [0.15, 0.2) is 55.1 Å². The SMILES string of the molecule is NC(=O)[C@H]1CN(CC(=O)Nc2cc(C(F)(F)F)ccc2-n2cncn2)c2ccccc2O1. The number of hydrogen-bond donors (Lipinski definition) is 2. The van der Waals surface area contributed by atoms with Crippen molar-refractivity contribution in [3.8, 4) is 11.4 Å². The first-order chi connectivity index (χ1) is 15.2. The number of aromatic nitrogens is 3. The molecule has 1 atom stereocenters. The molecule has 0 fully saturated rings. The number of amides is 2. The standard InChI is InChI=1S/C20H17F3N6O3/c21-20(22,23)12-5-6-14(29-11-25-10-26-29)13(7-12)27-18(30)9-28-8-17(19(24)31)32-16-4-2-1-3-15(16)28/h1-7,10-11,17H,8-9H2,(H2,24,31)(H,27,30)/t17-/m1/s1. The second kappa shape index (κ2) is 8.21. The molecule has 0 saturated carbocycles. The number of para-hydroxylation sites is 2. The number of fused-ring (bicyclic) bond motifs is 1. The summed E-state index contributed by atoms with van der Waals surface area (Å²) >= 11 is 0. The predicted molar refractivity (Wildman–Crippen MR) is 107 cm³/mol. The van der Waals surface area contributed by atoms with Crippen LogP contribution in [0.3, 0.4) is 0 Å². The number of alkyl halides is 3. The summed E-state index contributed by atoms with van der Waals surface area (Å²) in [6, 6.07) is 9.67. The van der Waals surface area contributed by atoms with Crippen molar-refractivity contribution in [2.24, 2.45) is 5.73 Å². The molecule has 2 aromatic carbocycles. The van der Waals surface area contributed by atoms with Crippen LogP contribution in [0.25, 0.3) is 5.69 Å². The van der Waals surface area contributed by atoms with Gasteiger partial charge in [0.1, 0.15) is 18.4 Å². The molecule has 32 heavy (non-hydrogen) atoms. The van der Waals surface area contributed by atoms with Gasteiger partial charge in [-0.2, -0.15) is 18.3 Å². The minimum absolute atomic E-state index is 0.0122. The summed E-state index contributed by atoms with van der Waals surface area (Å²) in [5.41, 5.74) is 5.10. The van der Waals surface area contributed by atoms with Gasteiger partial charge in [0.15, 0.2) is 6.10 Å². The zero-order valence-electron chi connectivity index (χ0n) is 16.4. The molecule has 3 aromatic rings. The van der Waals surface area contributed by atoms with E-state index in [2.05, 4.69) is 15.4 Å². The highest BCUT2D eigenvalue weighted by molar-refractivity contribution is 5.96. The average Bonchev–Trinajstić information content (AvgIpc) is 3.27. The number of hydrogen-bond acceptors (Lipinski definition) is 6. The Morgan fingerprint density at radius 1 is 1.19 bits per heavy atom. The number of primary amides is 1. The van der Waals surface area contributed by atoms with E-state index in [1.165, 1.54) is 23.4 Å². The number of nitrogens with zero attached hydrogens (tertiary/aromatic N) is 4. The van der Waals surface area contributed by atoms with Crippen LogP contribution in [0.5, 0.6) is 5.75 Å². The molecule has 3 N–H and O–H groups in total. The number of benzene rings is 2. The van der Waals surface area contributed by atoms with Crippen LogP contribution in [-0.4, -0.2) is 45.8 Å². The highest BCUT2D eigenvalue weighted by Gasteiger charge is 2.32. The molecule has 0 aliphatic carbocycles. The number of nitrogens with one attached hydrogen (secondary N) is 1. The van der Waals surface area contributed by atoms with Crippen molar-refractivity contribution in [2.45, 2.75) is 12.3 Å². The van der Waals surface area contributed by atoms with Crippen molar-refractivity contribution in [1.82, 2.24) is 14.8 Å². The molecule has 12 heteroatoms. The van der Waals surface area contributed by atoms with Crippen molar-refractivity contribution >= 4 is 23.2 Å². The number of rotatable bonds is 5. The van der Waals surface area contributed by atoms with Crippen molar-refractivity contribution in [1.29, 1.82) is 0 Å². The molecule has 9 nitrogen and oxygen atoms in total. The van der Waals surface area contributed by atoms with E-state index < -0.39 is 29.7 Å². The minimum atomic E-state index is -4.60. The number of ether oxygens (including phenoxy) is 1. The number of carbonyl (C=O) groups excluding carboxylic acids is 2. The van der Waals surface area contributed by atoms with E-state index in [0.29, 0.717) is 11.4 Å². The van der Waals surface area contributed by atoms with Crippen LogP contribution >= 0.6 is 0 Å². The summed E-state index contributed by atoms with van der Waals surface area (Å²) in [6.07, 6.45) is -3.05. The van der Waals surface area contributed by atoms with Gasteiger partial charge in [0.2, 0.25) is 5.91 Å². The van der Waals surface area contributed by atoms with Crippen molar-refractivity contribution in [2.75, 3.05) is 23.3 Å². The summed E-state index contributed by atoms with van der Waals surface area (Å²) in [7, 11) is 0. The third-order valence-corrected chi connectivity index (χ3v) is 4.78. The van der Waals surface area contributed by atoms with E-state index in [4.69, 9.17) is 10.5 Å². The lowest BCUT2D eigenvalue weighted by atomic mass is 10.1. The number of carbonyl (C=O) groups is 2. The van der Waals surface area contributed by atoms with Crippen LogP contribution < -0.4 is 20.7 Å². The second-order valence-corrected chi connectivity index (χ2v) is 6.98. The molecule has 1 aromatic heterocycles. The molecule has 1 aliphatic rings. The predicted octanol–water partition coefficient (Wildman–Crippen LogP) is 1.98. The summed E-state index contributed by atoms with van der Waals surface area (Å²) in [4.78, 5) is 29.8. The maximum Gasteiger partial charge on any atom is 0.416 e. The fourth-order valence-corrected chi connectivity index (χ4v) is 3.31. The van der Waals surface area contributed by atoms with Gasteiger partial charge in [-0.05, 0) is 30.3 Å². The van der Waals surface area contributed by atoms with Crippen molar-refractivity contribution in [3.05, 3.63) is 60.7 Å². The quantitative estimate of drug-likeness (QED) is 0.619. The summed E-state index contributed by atoms with van der Waals surface area (Å²) in [5, 5.41) is 6.42. The normalized spacial score (nSPS) is 15.6. The van der Waals surface area contributed by atoms with Crippen LogP contribution in [0.4, 0.5) is 24.5 Å². The molecule has 0 radical (unpaired) electrons. The highest BCUT2D eigenvalue weighted by atomic mass is 19.4. The van der Waals surface area contributed by atoms with E-state index >= 15 is 0 Å². The van der Waals surface area contributed by atoms with Gasteiger partial charge in [0, 0.05) is 0 Å². The van der Waals surface area contributed by atoms with Crippen LogP contribution in [0.2, 0.25) is 0 Å². The molecule has 0 spiro atoms. The largest absolute Gasteiger partial charge is 0.477 e. The van der Waals surface area contributed by atoms with Crippen LogP contribution in [0.1, 0.15) is 5.56 Å². The van der Waals surface area contributed by atoms with Gasteiger partial charge in [0.05, 0.1) is 35.7 Å². The van der Waals surface area contributed by atoms with E-state index in [1.807, 2.05) is 0 Å². The molecule has 0 saturated heterocycles. The van der Waals surface area contributed by atoms with Gasteiger partial charge in [-0.25, -0.2) is 9.67 Å². The average molecular weight is 446 g/mol. The lowest BCUT2D eigenvalue weighted by Gasteiger charge is -2.34. The third-order valence-electron chi connectivity index (χ3n) is 4.78. The zero-order chi connectivity index (χ0) is 22.9. The smallest absolute Gasteiger partial charge is 0.416 e. The van der Waals surface area contributed by atoms with Gasteiger partial charge in [-0.1, -0.05) is 12.1 Å². The first-order valence-electron chi connectivity index (χ1n) is 9.38. The monoisotopic (exact) mass is 446 g/mol. The van der Waals surface area contributed by atoms with Gasteiger partial charge < -0.3 is 20.7 Å². The van der Waals surface area contributed by atoms with Crippen LogP contribution in [0, 0.1) is 0 Å². The Morgan fingerprint density at radius 3 is 2.66 bits per heavy atom. The second-order valence-electron chi connectivity index (χ2n) is 6.98. The molecular weight excluding hydrogens is 429 g/mol. The Morgan fingerprint density at radius 2 is 1.97 bits per heavy atom. The number of nitrogens with two attached hydrogens (primary N) is 1. The Labute approximate surface area is 179 Å². The molecule has 4 rings (SSSR count). The maximum atomic E-state index is 13.2. The topological polar surface area (TPSA) is 115 Å². The molecule has 0 unspecified atom stereocenters. The molecule has 1 aliphatic heterocycles. The Balaban J connectivity index is 1.61. The van der Waals surface area contributed by atoms with E-state index in [0.717, 1.165) is 12.1 Å². The minimum Gasteiger partial charge on any atom is -0.477 e. The fourth-order valence-electron chi connectivity index (χ4n) is 3.31. The number of halogens is 3.